The molecule has 0 heterocycles. The average molecular weight is 489 g/mol. The zero-order chi connectivity index (χ0) is 26.0. The normalized spacial score (nSPS) is 10.3. The van der Waals surface area contributed by atoms with E-state index in [4.69, 9.17) is 25.4 Å². The zero-order valence-electron chi connectivity index (χ0n) is 18.4. The number of nitro groups is 1. The SMILES string of the molecule is NC(=O)c1ccc(NC(=O)c2ccc([N+](=O)[O-])c(OCCCC(=O)O)c2)c(OCCCC(=O)O)c1. The topological polar surface area (TPSA) is 208 Å². The third-order valence-electron chi connectivity index (χ3n) is 4.52. The summed E-state index contributed by atoms with van der Waals surface area (Å²) in [5.41, 5.74) is 5.13. The fourth-order valence-electron chi connectivity index (χ4n) is 2.83. The van der Waals surface area contributed by atoms with Gasteiger partial charge in [-0.2, -0.15) is 0 Å². The van der Waals surface area contributed by atoms with Crippen molar-refractivity contribution in [1.82, 2.24) is 0 Å². The van der Waals surface area contributed by atoms with Crippen LogP contribution in [0.15, 0.2) is 36.4 Å². The van der Waals surface area contributed by atoms with Crippen molar-refractivity contribution in [3.05, 3.63) is 57.6 Å². The first kappa shape index (κ1) is 26.6. The van der Waals surface area contributed by atoms with Crippen molar-refractivity contribution in [2.24, 2.45) is 5.73 Å². The Labute approximate surface area is 198 Å². The summed E-state index contributed by atoms with van der Waals surface area (Å²) in [6.45, 7) is -0.121. The molecule has 0 unspecified atom stereocenters. The van der Waals surface area contributed by atoms with E-state index in [1.165, 1.54) is 24.3 Å². The minimum absolute atomic E-state index is 0.000334. The van der Waals surface area contributed by atoms with Crippen LogP contribution in [0.25, 0.3) is 0 Å². The standard InChI is InChI=1S/C22H23N3O10/c23-21(30)13-5-7-15(17(11-13)34-9-1-3-19(26)27)24-22(31)14-6-8-16(25(32)33)18(12-14)35-10-2-4-20(28)29/h5-8,11-12H,1-4,9-10H2,(H2,23,30)(H,24,31)(H,26,27)(H,28,29). The predicted molar refractivity (Wildman–Crippen MR) is 121 cm³/mol. The van der Waals surface area contributed by atoms with Crippen molar-refractivity contribution in [3.63, 3.8) is 0 Å². The lowest BCUT2D eigenvalue weighted by molar-refractivity contribution is -0.385. The lowest BCUT2D eigenvalue weighted by Gasteiger charge is -2.14. The summed E-state index contributed by atoms with van der Waals surface area (Å²) < 4.78 is 10.9. The molecule has 2 aromatic carbocycles. The summed E-state index contributed by atoms with van der Waals surface area (Å²) in [6, 6.07) is 7.47. The molecule has 0 radical (unpaired) electrons. The summed E-state index contributed by atoms with van der Waals surface area (Å²) in [5, 5.41) is 31.3. The average Bonchev–Trinajstić information content (AvgIpc) is 2.79. The smallest absolute Gasteiger partial charge is 0.310 e. The number of ether oxygens (including phenoxy) is 2. The number of nitro benzene ring substituents is 1. The third kappa shape index (κ3) is 8.31. The zero-order valence-corrected chi connectivity index (χ0v) is 18.4. The van der Waals surface area contributed by atoms with Gasteiger partial charge >= 0.3 is 17.6 Å². The van der Waals surface area contributed by atoms with Gasteiger partial charge in [-0.05, 0) is 37.1 Å². The molecule has 5 N–H and O–H groups in total. The molecule has 0 bridgehead atoms. The second-order valence-corrected chi connectivity index (χ2v) is 7.16. The molecule has 2 amide bonds. The lowest BCUT2D eigenvalue weighted by Crippen LogP contribution is -2.15. The van der Waals surface area contributed by atoms with Crippen molar-refractivity contribution >= 4 is 35.1 Å². The van der Waals surface area contributed by atoms with Crippen molar-refractivity contribution in [1.29, 1.82) is 0 Å². The maximum Gasteiger partial charge on any atom is 0.310 e. The number of carbonyl (C=O) groups is 4. The lowest BCUT2D eigenvalue weighted by atomic mass is 10.1. The molecule has 0 saturated carbocycles. The Morgan fingerprint density at radius 1 is 0.886 bits per heavy atom. The Balaban J connectivity index is 2.22. The molecular formula is C22H23N3O10. The van der Waals surface area contributed by atoms with Crippen molar-refractivity contribution < 1.29 is 43.8 Å². The maximum atomic E-state index is 12.8. The van der Waals surface area contributed by atoms with Gasteiger partial charge in [-0.3, -0.25) is 29.3 Å². The van der Waals surface area contributed by atoms with Crippen LogP contribution < -0.4 is 20.5 Å². The summed E-state index contributed by atoms with van der Waals surface area (Å²) in [6.07, 6.45) is -0.0497. The van der Waals surface area contributed by atoms with Crippen LogP contribution in [-0.2, 0) is 9.59 Å². The number of amides is 2. The van der Waals surface area contributed by atoms with E-state index >= 15 is 0 Å². The third-order valence-corrected chi connectivity index (χ3v) is 4.52. The first-order chi connectivity index (χ1) is 16.6. The minimum atomic E-state index is -1.04. The fourth-order valence-corrected chi connectivity index (χ4v) is 2.83. The Hall–Kier alpha value is -4.68. The number of benzene rings is 2. The first-order valence-electron chi connectivity index (χ1n) is 10.3. The fraction of sp³-hybridized carbons (Fsp3) is 0.273. The highest BCUT2D eigenvalue weighted by Crippen LogP contribution is 2.30. The second-order valence-electron chi connectivity index (χ2n) is 7.16. The molecule has 0 spiro atoms. The van der Waals surface area contributed by atoms with Crippen molar-refractivity contribution in [2.45, 2.75) is 25.7 Å². The van der Waals surface area contributed by atoms with E-state index in [-0.39, 0.29) is 67.2 Å². The Kier molecular flexibility index (Phi) is 9.51. The number of rotatable bonds is 14. The van der Waals surface area contributed by atoms with Crippen LogP contribution in [0, 0.1) is 10.1 Å². The van der Waals surface area contributed by atoms with Gasteiger partial charge in [0.25, 0.3) is 5.91 Å². The van der Waals surface area contributed by atoms with Gasteiger partial charge in [-0.25, -0.2) is 0 Å². The first-order valence-corrected chi connectivity index (χ1v) is 10.3. The highest BCUT2D eigenvalue weighted by atomic mass is 16.6. The van der Waals surface area contributed by atoms with Gasteiger partial charge in [-0.15, -0.1) is 0 Å². The Morgan fingerprint density at radius 2 is 1.43 bits per heavy atom. The van der Waals surface area contributed by atoms with E-state index in [1.54, 1.807) is 0 Å². The molecule has 0 fully saturated rings. The van der Waals surface area contributed by atoms with Gasteiger partial charge in [0.1, 0.15) is 5.75 Å². The van der Waals surface area contributed by atoms with Crippen LogP contribution in [-0.4, -0.2) is 52.1 Å². The van der Waals surface area contributed by atoms with Gasteiger partial charge in [-0.1, -0.05) is 0 Å². The number of carboxylic acid groups (broad SMARTS) is 2. The van der Waals surface area contributed by atoms with E-state index in [9.17, 15) is 29.3 Å². The molecule has 13 nitrogen and oxygen atoms in total. The van der Waals surface area contributed by atoms with Gasteiger partial charge in [0.2, 0.25) is 5.91 Å². The van der Waals surface area contributed by atoms with Gasteiger partial charge < -0.3 is 30.7 Å². The van der Waals surface area contributed by atoms with Crippen LogP contribution in [0.4, 0.5) is 11.4 Å². The molecule has 0 aliphatic heterocycles. The van der Waals surface area contributed by atoms with Gasteiger partial charge in [0.15, 0.2) is 5.75 Å². The van der Waals surface area contributed by atoms with Crippen molar-refractivity contribution in [2.75, 3.05) is 18.5 Å². The molecule has 2 aromatic rings. The molecule has 35 heavy (non-hydrogen) atoms. The number of nitrogens with two attached hydrogens (primary N) is 1. The molecule has 0 atom stereocenters. The molecule has 13 heteroatoms. The number of carboxylic acids is 2. The molecule has 2 rings (SSSR count). The number of hydrogen-bond donors (Lipinski definition) is 4. The van der Waals surface area contributed by atoms with Crippen LogP contribution in [0.5, 0.6) is 11.5 Å². The Bertz CT molecular complexity index is 1130. The number of nitrogens with one attached hydrogen (secondary N) is 1. The number of carbonyl (C=O) groups excluding carboxylic acids is 2. The number of nitrogens with zero attached hydrogens (tertiary/aromatic N) is 1. The van der Waals surface area contributed by atoms with E-state index in [0.29, 0.717) is 0 Å². The summed E-state index contributed by atoms with van der Waals surface area (Å²) >= 11 is 0. The van der Waals surface area contributed by atoms with E-state index in [0.717, 1.165) is 12.1 Å². The molecule has 0 saturated heterocycles. The largest absolute Gasteiger partial charge is 0.491 e. The molecule has 0 aliphatic rings. The van der Waals surface area contributed by atoms with Crippen LogP contribution in [0.3, 0.4) is 0 Å². The minimum Gasteiger partial charge on any atom is -0.491 e. The highest BCUT2D eigenvalue weighted by Gasteiger charge is 2.20. The number of aliphatic carboxylic acids is 2. The summed E-state index contributed by atoms with van der Waals surface area (Å²) in [5.74, 6) is -3.60. The highest BCUT2D eigenvalue weighted by molar-refractivity contribution is 6.06. The maximum absolute atomic E-state index is 12.8. The van der Waals surface area contributed by atoms with Gasteiger partial charge in [0, 0.05) is 36.1 Å². The van der Waals surface area contributed by atoms with E-state index < -0.39 is 34.4 Å². The quantitative estimate of drug-likeness (QED) is 0.173. The monoisotopic (exact) mass is 489 g/mol. The number of primary amides is 1. The van der Waals surface area contributed by atoms with Crippen LogP contribution in [0.1, 0.15) is 46.4 Å². The van der Waals surface area contributed by atoms with Crippen LogP contribution in [0.2, 0.25) is 0 Å². The second kappa shape index (κ2) is 12.5. The van der Waals surface area contributed by atoms with Crippen molar-refractivity contribution in [3.8, 4) is 11.5 Å². The molecular weight excluding hydrogens is 466 g/mol. The molecule has 186 valence electrons. The van der Waals surface area contributed by atoms with E-state index in [2.05, 4.69) is 5.32 Å². The Morgan fingerprint density at radius 3 is 1.97 bits per heavy atom. The molecule has 0 aromatic heterocycles. The number of hydrogen-bond acceptors (Lipinski definition) is 8. The predicted octanol–water partition coefficient (Wildman–Crippen LogP) is 2.43. The molecule has 0 aliphatic carbocycles. The summed E-state index contributed by atoms with van der Waals surface area (Å²) in [4.78, 5) is 56.2. The van der Waals surface area contributed by atoms with Gasteiger partial charge in [0.05, 0.1) is 23.8 Å². The number of anilines is 1. The van der Waals surface area contributed by atoms with Crippen LogP contribution >= 0.6 is 0 Å². The summed E-state index contributed by atoms with van der Waals surface area (Å²) in [7, 11) is 0. The van der Waals surface area contributed by atoms with E-state index in [1.807, 2.05) is 0 Å².